The molecular formula is C15H19N7O2. The summed E-state index contributed by atoms with van der Waals surface area (Å²) in [6.45, 7) is 6.29. The first kappa shape index (κ1) is 15.9. The van der Waals surface area contributed by atoms with Gasteiger partial charge in [-0.1, -0.05) is 0 Å². The predicted molar refractivity (Wildman–Crippen MR) is 87.0 cm³/mol. The fourth-order valence-electron chi connectivity index (χ4n) is 2.56. The van der Waals surface area contributed by atoms with Crippen LogP contribution >= 0.6 is 0 Å². The molecule has 0 aromatic carbocycles. The van der Waals surface area contributed by atoms with Crippen LogP contribution in [0.15, 0.2) is 23.4 Å². The lowest BCUT2D eigenvalue weighted by atomic mass is 10.2. The van der Waals surface area contributed by atoms with Crippen molar-refractivity contribution in [3.8, 4) is 0 Å². The molecule has 0 saturated heterocycles. The Morgan fingerprint density at radius 1 is 1.42 bits per heavy atom. The molecule has 0 aliphatic carbocycles. The molecule has 0 atom stereocenters. The van der Waals surface area contributed by atoms with Gasteiger partial charge in [0, 0.05) is 31.3 Å². The Balaban J connectivity index is 1.70. The summed E-state index contributed by atoms with van der Waals surface area (Å²) >= 11 is 0. The normalized spacial score (nSPS) is 11.3. The van der Waals surface area contributed by atoms with E-state index in [9.17, 15) is 9.59 Å². The lowest BCUT2D eigenvalue weighted by molar-refractivity contribution is 0.0952. The molecule has 0 aliphatic heterocycles. The summed E-state index contributed by atoms with van der Waals surface area (Å²) in [5.41, 5.74) is 1.28. The lowest BCUT2D eigenvalue weighted by Crippen LogP contribution is -2.28. The van der Waals surface area contributed by atoms with Crippen LogP contribution in [0.2, 0.25) is 0 Å². The van der Waals surface area contributed by atoms with Gasteiger partial charge >= 0.3 is 0 Å². The van der Waals surface area contributed by atoms with E-state index in [1.54, 1.807) is 13.3 Å². The van der Waals surface area contributed by atoms with Gasteiger partial charge in [-0.15, -0.1) is 10.2 Å². The average Bonchev–Trinajstić information content (AvgIpc) is 3.13. The molecule has 0 aliphatic rings. The Morgan fingerprint density at radius 3 is 2.96 bits per heavy atom. The second-order valence-corrected chi connectivity index (χ2v) is 5.83. The van der Waals surface area contributed by atoms with Crippen LogP contribution in [0.1, 0.15) is 41.8 Å². The second-order valence-electron chi connectivity index (χ2n) is 5.83. The van der Waals surface area contributed by atoms with Crippen molar-refractivity contribution in [2.75, 3.05) is 6.54 Å². The number of hydrogen-bond donors (Lipinski definition) is 2. The molecule has 9 heteroatoms. The van der Waals surface area contributed by atoms with Crippen molar-refractivity contribution in [2.24, 2.45) is 0 Å². The molecule has 3 aromatic rings. The Labute approximate surface area is 137 Å². The minimum atomic E-state index is -0.254. The molecule has 1 amide bonds. The van der Waals surface area contributed by atoms with Gasteiger partial charge < -0.3 is 9.88 Å². The molecule has 2 N–H and O–H groups in total. The minimum absolute atomic E-state index is 0.243. The van der Waals surface area contributed by atoms with Crippen molar-refractivity contribution in [3.63, 3.8) is 0 Å². The van der Waals surface area contributed by atoms with E-state index in [4.69, 9.17) is 0 Å². The van der Waals surface area contributed by atoms with Crippen molar-refractivity contribution < 1.29 is 4.79 Å². The van der Waals surface area contributed by atoms with Crippen LogP contribution in [0.4, 0.5) is 0 Å². The number of aromatic amines is 1. The first-order valence-corrected chi connectivity index (χ1v) is 7.71. The van der Waals surface area contributed by atoms with Gasteiger partial charge in [0.1, 0.15) is 12.2 Å². The number of nitrogens with one attached hydrogen (secondary N) is 2. The second kappa shape index (κ2) is 6.26. The zero-order valence-corrected chi connectivity index (χ0v) is 13.8. The molecule has 9 nitrogen and oxygen atoms in total. The van der Waals surface area contributed by atoms with Crippen molar-refractivity contribution in [2.45, 2.75) is 33.2 Å². The van der Waals surface area contributed by atoms with Gasteiger partial charge in [-0.05, 0) is 20.8 Å². The quantitative estimate of drug-likeness (QED) is 0.707. The van der Waals surface area contributed by atoms with E-state index < -0.39 is 0 Å². The highest BCUT2D eigenvalue weighted by molar-refractivity contribution is 5.95. The fraction of sp³-hybridized carbons (Fsp3) is 0.400. The maximum absolute atomic E-state index is 12.4. The molecule has 0 bridgehead atoms. The zero-order chi connectivity index (χ0) is 17.3. The largest absolute Gasteiger partial charge is 0.351 e. The topological polar surface area (TPSA) is 110 Å². The van der Waals surface area contributed by atoms with Crippen molar-refractivity contribution in [3.05, 3.63) is 46.0 Å². The Bertz CT molecular complexity index is 935. The fourth-order valence-corrected chi connectivity index (χ4v) is 2.56. The van der Waals surface area contributed by atoms with Crippen LogP contribution in [0.5, 0.6) is 0 Å². The van der Waals surface area contributed by atoms with E-state index in [0.29, 0.717) is 29.9 Å². The third-order valence-electron chi connectivity index (χ3n) is 3.84. The summed E-state index contributed by atoms with van der Waals surface area (Å²) in [6.07, 6.45) is 3.75. The molecule has 0 radical (unpaired) electrons. The number of nitrogens with zero attached hydrogens (tertiary/aromatic N) is 5. The molecule has 3 heterocycles. The molecule has 24 heavy (non-hydrogen) atoms. The number of carbonyl (C=O) groups is 1. The number of hydrogen-bond acceptors (Lipinski definition) is 5. The van der Waals surface area contributed by atoms with E-state index in [1.807, 2.05) is 18.4 Å². The smallest absolute Gasteiger partial charge is 0.266 e. The van der Waals surface area contributed by atoms with Gasteiger partial charge in [-0.3, -0.25) is 14.7 Å². The molecule has 3 aromatic heterocycles. The van der Waals surface area contributed by atoms with E-state index in [2.05, 4.69) is 25.6 Å². The van der Waals surface area contributed by atoms with E-state index in [1.165, 1.54) is 16.8 Å². The minimum Gasteiger partial charge on any atom is -0.351 e. The van der Waals surface area contributed by atoms with E-state index in [0.717, 1.165) is 5.82 Å². The van der Waals surface area contributed by atoms with E-state index in [-0.39, 0.29) is 17.5 Å². The van der Waals surface area contributed by atoms with Crippen LogP contribution in [0, 0.1) is 6.92 Å². The maximum Gasteiger partial charge on any atom is 0.266 e. The van der Waals surface area contributed by atoms with Crippen LogP contribution in [0.25, 0.3) is 5.65 Å². The van der Waals surface area contributed by atoms with Crippen LogP contribution in [-0.2, 0) is 6.42 Å². The molecule has 3 rings (SSSR count). The number of aryl methyl sites for hydroxylation is 1. The van der Waals surface area contributed by atoms with Gasteiger partial charge in [-0.25, -0.2) is 9.50 Å². The number of carbonyl (C=O) groups excluding carboxylic acids is 1. The third-order valence-corrected chi connectivity index (χ3v) is 3.84. The van der Waals surface area contributed by atoms with Crippen LogP contribution < -0.4 is 10.9 Å². The molecule has 126 valence electrons. The molecule has 0 spiro atoms. The standard InChI is InChI=1S/C15H19N7O2/c1-9(2)21-8-18-19-12(21)4-5-16-15(24)11-7-17-13-6-14(23)20-22(13)10(11)3/h6-9H,4-5H2,1-3H3,(H,16,24)(H,20,23). The van der Waals surface area contributed by atoms with Gasteiger partial charge in [0.25, 0.3) is 11.5 Å². The number of aromatic nitrogens is 6. The van der Waals surface area contributed by atoms with Gasteiger partial charge in [0.05, 0.1) is 11.3 Å². The number of amides is 1. The first-order chi connectivity index (χ1) is 11.5. The van der Waals surface area contributed by atoms with Gasteiger partial charge in [0.2, 0.25) is 0 Å². The summed E-state index contributed by atoms with van der Waals surface area (Å²) in [4.78, 5) is 27.9. The van der Waals surface area contributed by atoms with Crippen LogP contribution in [-0.4, -0.2) is 41.8 Å². The average molecular weight is 329 g/mol. The monoisotopic (exact) mass is 329 g/mol. The Hall–Kier alpha value is -2.97. The number of rotatable bonds is 5. The molecule has 0 fully saturated rings. The summed E-state index contributed by atoms with van der Waals surface area (Å²) in [5.74, 6) is 0.581. The Morgan fingerprint density at radius 2 is 2.21 bits per heavy atom. The highest BCUT2D eigenvalue weighted by Crippen LogP contribution is 2.09. The third kappa shape index (κ3) is 2.92. The highest BCUT2D eigenvalue weighted by atomic mass is 16.1. The molecular weight excluding hydrogens is 310 g/mol. The number of fused-ring (bicyclic) bond motifs is 1. The summed E-state index contributed by atoms with van der Waals surface area (Å²) < 4.78 is 3.47. The summed E-state index contributed by atoms with van der Waals surface area (Å²) in [7, 11) is 0. The molecule has 0 saturated carbocycles. The highest BCUT2D eigenvalue weighted by Gasteiger charge is 2.14. The van der Waals surface area contributed by atoms with Crippen molar-refractivity contribution in [1.29, 1.82) is 0 Å². The van der Waals surface area contributed by atoms with Gasteiger partial charge in [-0.2, -0.15) is 0 Å². The van der Waals surface area contributed by atoms with Crippen molar-refractivity contribution >= 4 is 11.6 Å². The SMILES string of the molecule is Cc1c(C(=O)NCCc2nncn2C(C)C)cnc2cc(=O)[nH]n12. The van der Waals surface area contributed by atoms with E-state index >= 15 is 0 Å². The summed E-state index contributed by atoms with van der Waals surface area (Å²) in [6, 6.07) is 1.65. The van der Waals surface area contributed by atoms with Gasteiger partial charge in [0.15, 0.2) is 5.65 Å². The molecule has 0 unspecified atom stereocenters. The summed E-state index contributed by atoms with van der Waals surface area (Å²) in [5, 5.41) is 13.4. The predicted octanol–water partition coefficient (Wildman–Crippen LogP) is 0.476. The van der Waals surface area contributed by atoms with Crippen LogP contribution in [0.3, 0.4) is 0 Å². The zero-order valence-electron chi connectivity index (χ0n) is 13.8. The van der Waals surface area contributed by atoms with Crippen molar-refractivity contribution in [1.82, 2.24) is 34.7 Å². The lowest BCUT2D eigenvalue weighted by Gasteiger charge is -2.11. The maximum atomic E-state index is 12.4. The Kier molecular flexibility index (Phi) is 4.15. The number of H-pyrrole nitrogens is 1. The first-order valence-electron chi connectivity index (χ1n) is 7.71.